The van der Waals surface area contributed by atoms with Crippen molar-refractivity contribution in [3.8, 4) is 5.75 Å². The normalized spacial score (nSPS) is 16.9. The lowest BCUT2D eigenvalue weighted by Gasteiger charge is -2.38. The molecule has 0 amide bonds. The number of nitrogens with zero attached hydrogens (tertiary/aromatic N) is 1. The molecule has 1 aliphatic heterocycles. The Morgan fingerprint density at radius 2 is 1.93 bits per heavy atom. The van der Waals surface area contributed by atoms with Crippen LogP contribution in [-0.2, 0) is 4.79 Å². The van der Waals surface area contributed by atoms with Crippen LogP contribution in [0.15, 0.2) is 46.9 Å². The Balaban J connectivity index is 2.03. The van der Waals surface area contributed by atoms with Crippen LogP contribution in [0.2, 0.25) is 0 Å². The first-order valence-electron chi connectivity index (χ1n) is 9.46. The van der Waals surface area contributed by atoms with Gasteiger partial charge >= 0.3 is 5.97 Å². The van der Waals surface area contributed by atoms with Crippen molar-refractivity contribution in [2.45, 2.75) is 32.7 Å². The fourth-order valence-electron chi connectivity index (χ4n) is 3.88. The predicted molar refractivity (Wildman–Crippen MR) is 110 cm³/mol. The van der Waals surface area contributed by atoms with E-state index in [2.05, 4.69) is 58.1 Å². The van der Waals surface area contributed by atoms with Crippen LogP contribution < -0.4 is 4.74 Å². The zero-order chi connectivity index (χ0) is 19.4. The number of aliphatic carboxylic acids is 1. The molecule has 1 unspecified atom stereocenters. The SMILES string of the molecule is CCOc1ccc(Br)cc1C(c1ccccc1C)N1CCC(C(=O)O)CC1. The first-order chi connectivity index (χ1) is 13.0. The maximum Gasteiger partial charge on any atom is 0.306 e. The second-order valence-corrected chi connectivity index (χ2v) is 7.94. The quantitative estimate of drug-likeness (QED) is 0.695. The summed E-state index contributed by atoms with van der Waals surface area (Å²) >= 11 is 3.61. The molecule has 144 valence electrons. The first kappa shape index (κ1) is 19.9. The molecule has 5 heteroatoms. The van der Waals surface area contributed by atoms with Crippen LogP contribution in [0, 0.1) is 12.8 Å². The molecule has 1 fully saturated rings. The third-order valence-electron chi connectivity index (χ3n) is 5.29. The summed E-state index contributed by atoms with van der Waals surface area (Å²) in [6.07, 6.45) is 1.35. The van der Waals surface area contributed by atoms with Crippen molar-refractivity contribution in [2.24, 2.45) is 5.92 Å². The summed E-state index contributed by atoms with van der Waals surface area (Å²) in [5.74, 6) is -0.0403. The van der Waals surface area contributed by atoms with Crippen molar-refractivity contribution in [3.63, 3.8) is 0 Å². The molecule has 0 bridgehead atoms. The van der Waals surface area contributed by atoms with Crippen LogP contribution in [0.5, 0.6) is 5.75 Å². The van der Waals surface area contributed by atoms with Crippen molar-refractivity contribution in [3.05, 3.63) is 63.6 Å². The summed E-state index contributed by atoms with van der Waals surface area (Å²) in [4.78, 5) is 13.8. The largest absolute Gasteiger partial charge is 0.494 e. The number of hydrogen-bond donors (Lipinski definition) is 1. The molecule has 1 saturated heterocycles. The van der Waals surface area contributed by atoms with Gasteiger partial charge in [0.2, 0.25) is 0 Å². The lowest BCUT2D eigenvalue weighted by Crippen LogP contribution is -2.39. The summed E-state index contributed by atoms with van der Waals surface area (Å²) in [5.41, 5.74) is 3.59. The number of likely N-dealkylation sites (tertiary alicyclic amines) is 1. The summed E-state index contributed by atoms with van der Waals surface area (Å²) in [6, 6.07) is 14.6. The highest BCUT2D eigenvalue weighted by atomic mass is 79.9. The van der Waals surface area contributed by atoms with Crippen LogP contribution in [0.25, 0.3) is 0 Å². The first-order valence-corrected chi connectivity index (χ1v) is 10.2. The summed E-state index contributed by atoms with van der Waals surface area (Å²) in [5, 5.41) is 9.35. The Morgan fingerprint density at radius 3 is 2.56 bits per heavy atom. The van der Waals surface area contributed by atoms with Gasteiger partial charge in [0.1, 0.15) is 5.75 Å². The molecule has 0 aliphatic carbocycles. The highest BCUT2D eigenvalue weighted by molar-refractivity contribution is 9.10. The lowest BCUT2D eigenvalue weighted by molar-refractivity contribution is -0.143. The number of benzene rings is 2. The van der Waals surface area contributed by atoms with Gasteiger partial charge in [-0.15, -0.1) is 0 Å². The predicted octanol–water partition coefficient (Wildman–Crippen LogP) is 5.04. The van der Waals surface area contributed by atoms with Gasteiger partial charge in [-0.05, 0) is 69.1 Å². The van der Waals surface area contributed by atoms with E-state index in [9.17, 15) is 9.90 Å². The van der Waals surface area contributed by atoms with Gasteiger partial charge in [0.25, 0.3) is 0 Å². The minimum atomic E-state index is -0.681. The van der Waals surface area contributed by atoms with Gasteiger partial charge < -0.3 is 9.84 Å². The highest BCUT2D eigenvalue weighted by Crippen LogP contribution is 2.39. The molecule has 27 heavy (non-hydrogen) atoms. The Hall–Kier alpha value is -1.85. The van der Waals surface area contributed by atoms with Gasteiger partial charge in [-0.3, -0.25) is 9.69 Å². The molecule has 1 heterocycles. The minimum Gasteiger partial charge on any atom is -0.494 e. The number of carboxylic acid groups (broad SMARTS) is 1. The Bertz CT molecular complexity index is 800. The van der Waals surface area contributed by atoms with E-state index in [0.717, 1.165) is 28.9 Å². The summed E-state index contributed by atoms with van der Waals surface area (Å²) < 4.78 is 6.96. The minimum absolute atomic E-state index is 0.0417. The monoisotopic (exact) mass is 431 g/mol. The molecular weight excluding hydrogens is 406 g/mol. The second-order valence-electron chi connectivity index (χ2n) is 7.02. The molecule has 1 N–H and O–H groups in total. The number of piperidine rings is 1. The fourth-order valence-corrected chi connectivity index (χ4v) is 4.26. The highest BCUT2D eigenvalue weighted by Gasteiger charge is 2.32. The van der Waals surface area contributed by atoms with Gasteiger partial charge in [-0.25, -0.2) is 0 Å². The van der Waals surface area contributed by atoms with E-state index in [1.807, 2.05) is 19.1 Å². The fraction of sp³-hybridized carbons (Fsp3) is 0.409. The van der Waals surface area contributed by atoms with E-state index >= 15 is 0 Å². The zero-order valence-electron chi connectivity index (χ0n) is 15.8. The molecule has 0 saturated carbocycles. The third kappa shape index (κ3) is 4.53. The number of ether oxygens (including phenoxy) is 1. The molecule has 0 aromatic heterocycles. The molecule has 3 rings (SSSR count). The maximum absolute atomic E-state index is 11.4. The smallest absolute Gasteiger partial charge is 0.306 e. The molecular formula is C22H26BrNO3. The number of rotatable bonds is 6. The number of carbonyl (C=O) groups is 1. The van der Waals surface area contributed by atoms with E-state index in [1.54, 1.807) is 0 Å². The molecule has 0 spiro atoms. The second kappa shape index (κ2) is 8.89. The van der Waals surface area contributed by atoms with E-state index in [4.69, 9.17) is 4.74 Å². The zero-order valence-corrected chi connectivity index (χ0v) is 17.4. The van der Waals surface area contributed by atoms with Crippen LogP contribution in [0.1, 0.15) is 42.5 Å². The standard InChI is InChI=1S/C22H26BrNO3/c1-3-27-20-9-8-17(23)14-19(20)21(18-7-5-4-6-15(18)2)24-12-10-16(11-13-24)22(25)26/h4-9,14,16,21H,3,10-13H2,1-2H3,(H,25,26). The van der Waals surface area contributed by atoms with Gasteiger partial charge in [-0.2, -0.15) is 0 Å². The van der Waals surface area contributed by atoms with Crippen molar-refractivity contribution in [1.82, 2.24) is 4.90 Å². The number of carboxylic acids is 1. The molecule has 2 aromatic carbocycles. The topological polar surface area (TPSA) is 49.8 Å². The number of halogens is 1. The van der Waals surface area contributed by atoms with Crippen LogP contribution in [0.4, 0.5) is 0 Å². The van der Waals surface area contributed by atoms with Crippen molar-refractivity contribution in [1.29, 1.82) is 0 Å². The maximum atomic E-state index is 11.4. The average Bonchev–Trinajstić information content (AvgIpc) is 2.66. The molecule has 0 radical (unpaired) electrons. The molecule has 4 nitrogen and oxygen atoms in total. The summed E-state index contributed by atoms with van der Waals surface area (Å²) in [7, 11) is 0. The molecule has 1 aliphatic rings. The number of hydrogen-bond acceptors (Lipinski definition) is 3. The van der Waals surface area contributed by atoms with E-state index in [-0.39, 0.29) is 12.0 Å². The molecule has 2 aromatic rings. The molecule has 1 atom stereocenters. The van der Waals surface area contributed by atoms with Gasteiger partial charge in [0.05, 0.1) is 18.6 Å². The van der Waals surface area contributed by atoms with Crippen LogP contribution >= 0.6 is 15.9 Å². The van der Waals surface area contributed by atoms with Crippen molar-refractivity contribution >= 4 is 21.9 Å². The third-order valence-corrected chi connectivity index (χ3v) is 5.79. The Morgan fingerprint density at radius 1 is 1.22 bits per heavy atom. The van der Waals surface area contributed by atoms with Crippen molar-refractivity contribution < 1.29 is 14.6 Å². The Labute approximate surface area is 169 Å². The van der Waals surface area contributed by atoms with E-state index in [0.29, 0.717) is 19.4 Å². The summed E-state index contributed by atoms with van der Waals surface area (Å²) in [6.45, 7) is 6.25. The van der Waals surface area contributed by atoms with Gasteiger partial charge in [0.15, 0.2) is 0 Å². The van der Waals surface area contributed by atoms with E-state index < -0.39 is 5.97 Å². The number of aryl methyl sites for hydroxylation is 1. The van der Waals surface area contributed by atoms with Crippen molar-refractivity contribution in [2.75, 3.05) is 19.7 Å². The average molecular weight is 432 g/mol. The lowest BCUT2D eigenvalue weighted by atomic mass is 9.89. The van der Waals surface area contributed by atoms with Crippen LogP contribution in [-0.4, -0.2) is 35.7 Å². The van der Waals surface area contributed by atoms with E-state index in [1.165, 1.54) is 11.1 Å². The Kier molecular flexibility index (Phi) is 6.55. The van der Waals surface area contributed by atoms with Gasteiger partial charge in [-0.1, -0.05) is 40.2 Å². The van der Waals surface area contributed by atoms with Gasteiger partial charge in [0, 0.05) is 10.0 Å². The van der Waals surface area contributed by atoms with Crippen LogP contribution in [0.3, 0.4) is 0 Å².